The Balaban J connectivity index is 1.56. The molecule has 0 saturated carbocycles. The van der Waals surface area contributed by atoms with Gasteiger partial charge in [-0.2, -0.15) is 0 Å². The monoisotopic (exact) mass is 304 g/mol. The van der Waals surface area contributed by atoms with Crippen LogP contribution in [0.15, 0.2) is 61.1 Å². The fourth-order valence-corrected chi connectivity index (χ4v) is 2.60. The Labute approximate surface area is 133 Å². The molecule has 0 aliphatic rings. The average molecular weight is 304 g/mol. The van der Waals surface area contributed by atoms with E-state index in [-0.39, 0.29) is 0 Å². The summed E-state index contributed by atoms with van der Waals surface area (Å²) in [5, 5.41) is 11.6. The van der Waals surface area contributed by atoms with Crippen molar-refractivity contribution in [2.24, 2.45) is 7.05 Å². The van der Waals surface area contributed by atoms with E-state index < -0.39 is 0 Å². The summed E-state index contributed by atoms with van der Waals surface area (Å²) in [4.78, 5) is 4.38. The first-order valence-corrected chi connectivity index (χ1v) is 7.41. The van der Waals surface area contributed by atoms with Crippen LogP contribution in [0.3, 0.4) is 0 Å². The minimum Gasteiger partial charge on any atom is -0.379 e. The van der Waals surface area contributed by atoms with Gasteiger partial charge in [-0.05, 0) is 30.3 Å². The summed E-state index contributed by atoms with van der Waals surface area (Å²) >= 11 is 0. The van der Waals surface area contributed by atoms with Crippen LogP contribution >= 0.6 is 0 Å². The second-order valence-electron chi connectivity index (χ2n) is 5.39. The number of benzene rings is 2. The lowest BCUT2D eigenvalue weighted by Gasteiger charge is -2.08. The molecule has 0 fully saturated rings. The zero-order valence-corrected chi connectivity index (χ0v) is 12.7. The lowest BCUT2D eigenvalue weighted by Crippen LogP contribution is -2.07. The Morgan fingerprint density at radius 2 is 1.96 bits per heavy atom. The average Bonchev–Trinajstić information content (AvgIpc) is 3.21. The molecule has 2 heterocycles. The van der Waals surface area contributed by atoms with Gasteiger partial charge in [-0.1, -0.05) is 23.4 Å². The Morgan fingerprint density at radius 1 is 1.09 bits per heavy atom. The fourth-order valence-electron chi connectivity index (χ4n) is 2.60. The van der Waals surface area contributed by atoms with Crippen LogP contribution in [0.4, 0.5) is 5.69 Å². The first kappa shape index (κ1) is 13.5. The Hall–Kier alpha value is -3.15. The maximum atomic E-state index is 4.38. The highest BCUT2D eigenvalue weighted by molar-refractivity contribution is 5.79. The predicted octanol–water partition coefficient (Wildman–Crippen LogP) is 2.77. The first-order chi connectivity index (χ1) is 11.3. The second-order valence-corrected chi connectivity index (χ2v) is 5.39. The van der Waals surface area contributed by atoms with E-state index in [1.807, 2.05) is 59.0 Å². The maximum absolute atomic E-state index is 4.38. The number of hydrogen-bond donors (Lipinski definition) is 1. The van der Waals surface area contributed by atoms with Crippen molar-refractivity contribution in [2.75, 3.05) is 5.32 Å². The molecule has 0 amide bonds. The zero-order chi connectivity index (χ0) is 15.6. The van der Waals surface area contributed by atoms with Gasteiger partial charge in [0.2, 0.25) is 0 Å². The van der Waals surface area contributed by atoms with Crippen molar-refractivity contribution in [3.8, 4) is 5.69 Å². The van der Waals surface area contributed by atoms with Crippen LogP contribution in [-0.4, -0.2) is 24.5 Å². The molecule has 4 aromatic rings. The first-order valence-electron chi connectivity index (χ1n) is 7.41. The molecule has 23 heavy (non-hydrogen) atoms. The summed E-state index contributed by atoms with van der Waals surface area (Å²) in [6.07, 6.45) is 3.60. The maximum Gasteiger partial charge on any atom is 0.0955 e. The van der Waals surface area contributed by atoms with Crippen molar-refractivity contribution < 1.29 is 0 Å². The van der Waals surface area contributed by atoms with Gasteiger partial charge in [0.05, 0.1) is 41.5 Å². The van der Waals surface area contributed by atoms with E-state index >= 15 is 0 Å². The number of hydrogen-bond acceptors (Lipinski definition) is 4. The van der Waals surface area contributed by atoms with Crippen molar-refractivity contribution in [3.63, 3.8) is 0 Å². The minimum atomic E-state index is 0.639. The highest BCUT2D eigenvalue weighted by Crippen LogP contribution is 2.18. The lowest BCUT2D eigenvalue weighted by molar-refractivity contribution is 0.769. The third-order valence-corrected chi connectivity index (χ3v) is 3.82. The topological polar surface area (TPSA) is 60.6 Å². The molecule has 114 valence electrons. The van der Waals surface area contributed by atoms with Gasteiger partial charge in [0.15, 0.2) is 0 Å². The van der Waals surface area contributed by atoms with Crippen molar-refractivity contribution in [1.82, 2.24) is 24.5 Å². The molecule has 2 aromatic carbocycles. The molecular weight excluding hydrogens is 288 g/mol. The molecule has 0 atom stereocenters. The lowest BCUT2D eigenvalue weighted by atomic mass is 10.2. The van der Waals surface area contributed by atoms with Crippen molar-refractivity contribution in [2.45, 2.75) is 6.54 Å². The molecule has 1 N–H and O–H groups in total. The summed E-state index contributed by atoms with van der Waals surface area (Å²) in [6.45, 7) is 0.639. The number of nitrogens with one attached hydrogen (secondary N) is 1. The van der Waals surface area contributed by atoms with E-state index in [9.17, 15) is 0 Å². The number of anilines is 1. The third kappa shape index (κ3) is 2.55. The Kier molecular flexibility index (Phi) is 3.27. The van der Waals surface area contributed by atoms with Crippen LogP contribution in [0.2, 0.25) is 0 Å². The van der Waals surface area contributed by atoms with Crippen molar-refractivity contribution in [1.29, 1.82) is 0 Å². The predicted molar refractivity (Wildman–Crippen MR) is 89.4 cm³/mol. The summed E-state index contributed by atoms with van der Waals surface area (Å²) in [5.74, 6) is 0. The molecule has 0 spiro atoms. The molecule has 0 unspecified atom stereocenters. The number of nitrogens with zero attached hydrogens (tertiary/aromatic N) is 5. The second kappa shape index (κ2) is 5.57. The number of imidazole rings is 1. The molecule has 0 saturated heterocycles. The largest absolute Gasteiger partial charge is 0.379 e. The van der Waals surface area contributed by atoms with Gasteiger partial charge >= 0.3 is 0 Å². The fraction of sp³-hybridized carbons (Fsp3) is 0.118. The summed E-state index contributed by atoms with van der Waals surface area (Å²) in [7, 11) is 1.99. The van der Waals surface area contributed by atoms with Gasteiger partial charge in [0, 0.05) is 12.7 Å². The summed E-state index contributed by atoms with van der Waals surface area (Å²) in [5.41, 5.74) is 5.12. The van der Waals surface area contributed by atoms with Crippen molar-refractivity contribution >= 4 is 16.7 Å². The zero-order valence-electron chi connectivity index (χ0n) is 12.7. The Bertz CT molecular complexity index is 938. The molecule has 4 rings (SSSR count). The van der Waals surface area contributed by atoms with Gasteiger partial charge in [-0.3, -0.25) is 0 Å². The smallest absolute Gasteiger partial charge is 0.0955 e. The van der Waals surface area contributed by atoms with E-state index in [1.165, 1.54) is 0 Å². The molecule has 0 aliphatic heterocycles. The van der Waals surface area contributed by atoms with Crippen LogP contribution in [-0.2, 0) is 13.6 Å². The van der Waals surface area contributed by atoms with Crippen LogP contribution in [0.25, 0.3) is 16.7 Å². The quantitative estimate of drug-likeness (QED) is 0.630. The number of aromatic nitrogens is 5. The van der Waals surface area contributed by atoms with Gasteiger partial charge in [-0.25, -0.2) is 9.67 Å². The van der Waals surface area contributed by atoms with E-state index in [2.05, 4.69) is 32.7 Å². The molecule has 0 bridgehead atoms. The number of rotatable bonds is 4. The number of fused-ring (bicyclic) bond motifs is 1. The van der Waals surface area contributed by atoms with Crippen molar-refractivity contribution in [3.05, 3.63) is 66.7 Å². The van der Waals surface area contributed by atoms with Gasteiger partial charge in [-0.15, -0.1) is 5.10 Å². The van der Waals surface area contributed by atoms with Gasteiger partial charge in [0.1, 0.15) is 0 Å². The highest BCUT2D eigenvalue weighted by atomic mass is 15.4. The van der Waals surface area contributed by atoms with Gasteiger partial charge < -0.3 is 9.88 Å². The minimum absolute atomic E-state index is 0.639. The molecule has 6 nitrogen and oxygen atoms in total. The molecule has 2 aromatic heterocycles. The number of aryl methyl sites for hydroxylation is 1. The van der Waals surface area contributed by atoms with E-state index in [4.69, 9.17) is 0 Å². The molecular formula is C17H16N6. The SMILES string of the molecule is Cn1cnc2cc(NCc3cnnn3-c3ccccc3)ccc21. The summed E-state index contributed by atoms with van der Waals surface area (Å²) < 4.78 is 3.85. The van der Waals surface area contributed by atoms with E-state index in [0.717, 1.165) is 28.1 Å². The van der Waals surface area contributed by atoms with E-state index in [0.29, 0.717) is 6.54 Å². The molecule has 0 aliphatic carbocycles. The Morgan fingerprint density at radius 3 is 2.83 bits per heavy atom. The normalized spacial score (nSPS) is 11.0. The summed E-state index contributed by atoms with van der Waals surface area (Å²) in [6, 6.07) is 16.2. The number of para-hydroxylation sites is 1. The van der Waals surface area contributed by atoms with Crippen LogP contribution in [0, 0.1) is 0 Å². The molecule has 0 radical (unpaired) electrons. The third-order valence-electron chi connectivity index (χ3n) is 3.82. The van der Waals surface area contributed by atoms with Crippen LogP contribution in [0.1, 0.15) is 5.69 Å². The standard InChI is InChI=1S/C17H16N6/c1-22-12-19-16-9-13(7-8-17(16)22)18-10-15-11-20-21-23(15)14-5-3-2-4-6-14/h2-9,11-12,18H,10H2,1H3. The van der Waals surface area contributed by atoms with Gasteiger partial charge in [0.25, 0.3) is 0 Å². The molecule has 6 heteroatoms. The highest BCUT2D eigenvalue weighted by Gasteiger charge is 2.06. The van der Waals surface area contributed by atoms with E-state index in [1.54, 1.807) is 6.20 Å². The van der Waals surface area contributed by atoms with Crippen LogP contribution < -0.4 is 5.32 Å². The van der Waals surface area contributed by atoms with Crippen LogP contribution in [0.5, 0.6) is 0 Å².